The van der Waals surface area contributed by atoms with Crippen molar-refractivity contribution >= 4 is 21.7 Å². The monoisotopic (exact) mass is 347 g/mol. The molecule has 1 aromatic rings. The van der Waals surface area contributed by atoms with Crippen molar-refractivity contribution in [2.45, 2.75) is 12.5 Å². The van der Waals surface area contributed by atoms with Gasteiger partial charge in [0.1, 0.15) is 17.2 Å². The van der Waals surface area contributed by atoms with Crippen LogP contribution in [0.4, 0.5) is 8.78 Å². The van der Waals surface area contributed by atoms with E-state index in [1.54, 1.807) is 0 Å². The Morgan fingerprint density at radius 1 is 1.30 bits per heavy atom. The Morgan fingerprint density at radius 2 is 1.91 bits per heavy atom. The second kappa shape index (κ2) is 6.61. The summed E-state index contributed by atoms with van der Waals surface area (Å²) < 4.78 is 54.2. The molecule has 1 aromatic carbocycles. The Bertz CT molecular complexity index is 714. The van der Waals surface area contributed by atoms with E-state index in [2.05, 4.69) is 4.74 Å². The van der Waals surface area contributed by atoms with Crippen LogP contribution in [0.3, 0.4) is 0 Å². The van der Waals surface area contributed by atoms with Crippen molar-refractivity contribution in [1.29, 1.82) is 0 Å². The lowest BCUT2D eigenvalue weighted by molar-refractivity contribution is -0.134. The SMILES string of the molecule is CN(C(=O)COC(=O)c1c(F)cccc1F)[C@@H]1CCS(=O)(=O)C1. The third-order valence-electron chi connectivity index (χ3n) is 3.64. The molecule has 0 spiro atoms. The average Bonchev–Trinajstić information content (AvgIpc) is 2.84. The molecule has 6 nitrogen and oxygen atoms in total. The standard InChI is InChI=1S/C14H15F2NO5S/c1-17(9-5-6-23(20,21)8-9)12(18)7-22-14(19)13-10(15)3-2-4-11(13)16/h2-4,9H,5-8H2,1H3/t9-/m1/s1. The summed E-state index contributed by atoms with van der Waals surface area (Å²) in [6.07, 6.45) is 0.306. The molecule has 0 unspecified atom stereocenters. The number of halogens is 2. The number of amides is 1. The smallest absolute Gasteiger partial charge is 0.344 e. The largest absolute Gasteiger partial charge is 0.452 e. The van der Waals surface area contributed by atoms with Crippen LogP contribution in [-0.2, 0) is 19.4 Å². The summed E-state index contributed by atoms with van der Waals surface area (Å²) in [5.74, 6) is -4.25. The highest BCUT2D eigenvalue weighted by Gasteiger charge is 2.33. The van der Waals surface area contributed by atoms with E-state index in [-0.39, 0.29) is 11.5 Å². The van der Waals surface area contributed by atoms with Gasteiger partial charge in [-0.25, -0.2) is 22.0 Å². The van der Waals surface area contributed by atoms with E-state index in [9.17, 15) is 26.8 Å². The van der Waals surface area contributed by atoms with Gasteiger partial charge in [0, 0.05) is 13.1 Å². The summed E-state index contributed by atoms with van der Waals surface area (Å²) in [5.41, 5.74) is -0.869. The third-order valence-corrected chi connectivity index (χ3v) is 5.39. The molecule has 1 aliphatic rings. The number of likely N-dealkylation sites (N-methyl/N-ethyl adjacent to an activating group) is 1. The molecule has 1 amide bonds. The second-order valence-electron chi connectivity index (χ2n) is 5.23. The molecule has 0 aliphatic carbocycles. The van der Waals surface area contributed by atoms with Gasteiger partial charge in [0.05, 0.1) is 11.5 Å². The molecule has 0 radical (unpaired) electrons. The number of ether oxygens (including phenoxy) is 1. The highest BCUT2D eigenvalue weighted by molar-refractivity contribution is 7.91. The fourth-order valence-corrected chi connectivity index (χ4v) is 4.05. The molecule has 1 atom stereocenters. The van der Waals surface area contributed by atoms with Gasteiger partial charge in [-0.3, -0.25) is 4.79 Å². The summed E-state index contributed by atoms with van der Waals surface area (Å²) in [6.45, 7) is -0.723. The molecular formula is C14H15F2NO5S. The molecule has 1 fully saturated rings. The fourth-order valence-electron chi connectivity index (χ4n) is 2.28. The number of carbonyl (C=O) groups excluding carboxylic acids is 2. The Balaban J connectivity index is 1.95. The lowest BCUT2D eigenvalue weighted by Gasteiger charge is -2.23. The maximum absolute atomic E-state index is 13.4. The highest BCUT2D eigenvalue weighted by atomic mass is 32.2. The molecule has 0 N–H and O–H groups in total. The van der Waals surface area contributed by atoms with E-state index in [4.69, 9.17) is 0 Å². The Labute approximate surface area is 131 Å². The molecule has 23 heavy (non-hydrogen) atoms. The fraction of sp³-hybridized carbons (Fsp3) is 0.429. The predicted molar refractivity (Wildman–Crippen MR) is 76.5 cm³/mol. The second-order valence-corrected chi connectivity index (χ2v) is 7.46. The zero-order valence-corrected chi connectivity index (χ0v) is 13.1. The first-order chi connectivity index (χ1) is 10.7. The van der Waals surface area contributed by atoms with Gasteiger partial charge in [-0.1, -0.05) is 6.07 Å². The Morgan fingerprint density at radius 3 is 2.43 bits per heavy atom. The van der Waals surface area contributed by atoms with Crippen molar-refractivity contribution in [3.05, 3.63) is 35.4 Å². The van der Waals surface area contributed by atoms with Crippen LogP contribution in [-0.4, -0.2) is 56.4 Å². The van der Waals surface area contributed by atoms with Crippen molar-refractivity contribution in [3.8, 4) is 0 Å². The van der Waals surface area contributed by atoms with Crippen LogP contribution in [0.5, 0.6) is 0 Å². The summed E-state index contributed by atoms with van der Waals surface area (Å²) in [5, 5.41) is 0. The minimum absolute atomic E-state index is 0.00445. The first-order valence-electron chi connectivity index (χ1n) is 6.78. The first kappa shape index (κ1) is 17.3. The number of esters is 1. The van der Waals surface area contributed by atoms with Gasteiger partial charge in [0.15, 0.2) is 16.4 Å². The van der Waals surface area contributed by atoms with E-state index >= 15 is 0 Å². The predicted octanol–water partition coefficient (Wildman–Crippen LogP) is 0.767. The molecule has 0 aromatic heterocycles. The number of sulfone groups is 1. The molecule has 1 aliphatic heterocycles. The Kier molecular flexibility index (Phi) is 4.98. The zero-order valence-electron chi connectivity index (χ0n) is 12.3. The van der Waals surface area contributed by atoms with E-state index in [0.29, 0.717) is 6.42 Å². The summed E-state index contributed by atoms with van der Waals surface area (Å²) in [4.78, 5) is 24.8. The molecule has 1 saturated heterocycles. The highest BCUT2D eigenvalue weighted by Crippen LogP contribution is 2.17. The Hall–Kier alpha value is -2.03. The molecule has 0 saturated carbocycles. The van der Waals surface area contributed by atoms with Crippen molar-refractivity contribution in [2.24, 2.45) is 0 Å². The normalized spacial score (nSPS) is 19.3. The topological polar surface area (TPSA) is 80.8 Å². The van der Waals surface area contributed by atoms with E-state index in [1.807, 2.05) is 0 Å². The summed E-state index contributed by atoms with van der Waals surface area (Å²) >= 11 is 0. The zero-order chi connectivity index (χ0) is 17.2. The van der Waals surface area contributed by atoms with E-state index < -0.39 is 51.6 Å². The van der Waals surface area contributed by atoms with Crippen molar-refractivity contribution < 1.29 is 31.5 Å². The van der Waals surface area contributed by atoms with Crippen LogP contribution in [0.2, 0.25) is 0 Å². The quantitative estimate of drug-likeness (QED) is 0.752. The average molecular weight is 347 g/mol. The van der Waals surface area contributed by atoms with Crippen LogP contribution in [0.25, 0.3) is 0 Å². The van der Waals surface area contributed by atoms with Gasteiger partial charge < -0.3 is 9.64 Å². The molecule has 2 rings (SSSR count). The number of benzene rings is 1. The van der Waals surface area contributed by atoms with Crippen molar-refractivity contribution in [1.82, 2.24) is 4.90 Å². The summed E-state index contributed by atoms with van der Waals surface area (Å²) in [7, 11) is -1.77. The van der Waals surface area contributed by atoms with Crippen LogP contribution in [0.1, 0.15) is 16.8 Å². The van der Waals surface area contributed by atoms with Gasteiger partial charge in [-0.2, -0.15) is 0 Å². The lowest BCUT2D eigenvalue weighted by Crippen LogP contribution is -2.40. The van der Waals surface area contributed by atoms with Crippen molar-refractivity contribution in [3.63, 3.8) is 0 Å². The van der Waals surface area contributed by atoms with Gasteiger partial charge in [-0.15, -0.1) is 0 Å². The molecule has 1 heterocycles. The van der Waals surface area contributed by atoms with Crippen LogP contribution >= 0.6 is 0 Å². The van der Waals surface area contributed by atoms with E-state index in [1.165, 1.54) is 11.9 Å². The molecular weight excluding hydrogens is 332 g/mol. The first-order valence-corrected chi connectivity index (χ1v) is 8.60. The lowest BCUT2D eigenvalue weighted by atomic mass is 10.2. The van der Waals surface area contributed by atoms with Crippen LogP contribution < -0.4 is 0 Å². The maximum Gasteiger partial charge on any atom is 0.344 e. The van der Waals surface area contributed by atoms with Gasteiger partial charge >= 0.3 is 5.97 Å². The molecule has 0 bridgehead atoms. The van der Waals surface area contributed by atoms with Gasteiger partial charge in [0.25, 0.3) is 5.91 Å². The van der Waals surface area contributed by atoms with Gasteiger partial charge in [0.2, 0.25) is 0 Å². The van der Waals surface area contributed by atoms with E-state index in [0.717, 1.165) is 18.2 Å². The number of rotatable bonds is 4. The van der Waals surface area contributed by atoms with Crippen molar-refractivity contribution in [2.75, 3.05) is 25.2 Å². The van der Waals surface area contributed by atoms with Crippen LogP contribution in [0.15, 0.2) is 18.2 Å². The third kappa shape index (κ3) is 4.04. The maximum atomic E-state index is 13.4. The minimum atomic E-state index is -3.16. The number of nitrogens with zero attached hydrogens (tertiary/aromatic N) is 1. The van der Waals surface area contributed by atoms with Gasteiger partial charge in [-0.05, 0) is 18.6 Å². The molecule has 9 heteroatoms. The minimum Gasteiger partial charge on any atom is -0.452 e. The van der Waals surface area contributed by atoms with Crippen LogP contribution in [0, 0.1) is 11.6 Å². The molecule has 126 valence electrons. The number of carbonyl (C=O) groups is 2. The number of hydrogen-bond acceptors (Lipinski definition) is 5. The summed E-state index contributed by atoms with van der Waals surface area (Å²) in [6, 6.07) is 2.41. The number of hydrogen-bond donors (Lipinski definition) is 0.